The second kappa shape index (κ2) is 6.16. The lowest BCUT2D eigenvalue weighted by atomic mass is 10.0. The van der Waals surface area contributed by atoms with Crippen LogP contribution in [0.5, 0.6) is 0 Å². The van der Waals surface area contributed by atoms with Gasteiger partial charge in [-0.2, -0.15) is 0 Å². The van der Waals surface area contributed by atoms with Gasteiger partial charge in [0, 0.05) is 13.0 Å². The third-order valence-corrected chi connectivity index (χ3v) is 1.84. The molecule has 0 aromatic heterocycles. The first-order valence-corrected chi connectivity index (χ1v) is 4.03. The van der Waals surface area contributed by atoms with Crippen molar-refractivity contribution in [1.29, 1.82) is 0 Å². The number of carboxylic acids is 1. The summed E-state index contributed by atoms with van der Waals surface area (Å²) >= 11 is 0. The lowest BCUT2D eigenvalue weighted by Gasteiger charge is -2.08. The Balaban J connectivity index is 3.28. The van der Waals surface area contributed by atoms with Crippen molar-refractivity contribution in [1.82, 2.24) is 0 Å². The second-order valence-electron chi connectivity index (χ2n) is 2.74. The number of aliphatic carboxylic acids is 1. The van der Waals surface area contributed by atoms with Crippen LogP contribution in [-0.4, -0.2) is 22.8 Å². The van der Waals surface area contributed by atoms with Crippen LogP contribution >= 0.6 is 0 Å². The van der Waals surface area contributed by atoms with E-state index >= 15 is 0 Å². The number of hydrogen-bond donors (Lipinski definition) is 2. The summed E-state index contributed by atoms with van der Waals surface area (Å²) in [7, 11) is 0. The fourth-order valence-corrected chi connectivity index (χ4v) is 0.966. The van der Waals surface area contributed by atoms with Gasteiger partial charge in [0.2, 0.25) is 0 Å². The van der Waals surface area contributed by atoms with Gasteiger partial charge in [-0.15, -0.1) is 0 Å². The third-order valence-electron chi connectivity index (χ3n) is 1.84. The Morgan fingerprint density at radius 3 is 2.55 bits per heavy atom. The minimum Gasteiger partial charge on any atom is -0.481 e. The van der Waals surface area contributed by atoms with Crippen LogP contribution in [0.2, 0.25) is 0 Å². The van der Waals surface area contributed by atoms with Crippen LogP contribution in [0.25, 0.3) is 0 Å². The van der Waals surface area contributed by atoms with Gasteiger partial charge in [-0.3, -0.25) is 4.79 Å². The normalized spacial score (nSPS) is 12.9. The molecule has 0 aromatic carbocycles. The number of carboxylic acid groups (broad SMARTS) is 1. The Labute approximate surface area is 67.0 Å². The van der Waals surface area contributed by atoms with Crippen molar-refractivity contribution in [2.45, 2.75) is 32.6 Å². The molecule has 0 saturated heterocycles. The van der Waals surface area contributed by atoms with E-state index in [2.05, 4.69) is 0 Å². The quantitative estimate of drug-likeness (QED) is 0.615. The van der Waals surface area contributed by atoms with Gasteiger partial charge in [0.1, 0.15) is 0 Å². The second-order valence-corrected chi connectivity index (χ2v) is 2.74. The number of aliphatic hydroxyl groups is 1. The maximum atomic E-state index is 10.1. The van der Waals surface area contributed by atoms with Crippen molar-refractivity contribution in [3.63, 3.8) is 0 Å². The molecule has 1 atom stereocenters. The first-order chi connectivity index (χ1) is 5.20. The van der Waals surface area contributed by atoms with E-state index in [1.54, 1.807) is 0 Å². The highest BCUT2D eigenvalue weighted by atomic mass is 16.4. The van der Waals surface area contributed by atoms with Crippen molar-refractivity contribution in [3.8, 4) is 0 Å². The molecule has 0 bridgehead atoms. The van der Waals surface area contributed by atoms with Crippen LogP contribution in [0.15, 0.2) is 0 Å². The van der Waals surface area contributed by atoms with Crippen molar-refractivity contribution in [3.05, 3.63) is 0 Å². The summed E-state index contributed by atoms with van der Waals surface area (Å²) in [5.74, 6) is -0.466. The smallest absolute Gasteiger partial charge is 0.303 e. The van der Waals surface area contributed by atoms with Crippen LogP contribution in [-0.2, 0) is 4.79 Å². The highest BCUT2D eigenvalue weighted by Crippen LogP contribution is 2.10. The number of carbonyl (C=O) groups is 1. The monoisotopic (exact) mass is 160 g/mol. The van der Waals surface area contributed by atoms with Gasteiger partial charge >= 0.3 is 5.97 Å². The van der Waals surface area contributed by atoms with E-state index in [1.807, 2.05) is 6.92 Å². The topological polar surface area (TPSA) is 57.5 Å². The molecule has 0 fully saturated rings. The summed E-state index contributed by atoms with van der Waals surface area (Å²) in [4.78, 5) is 10.1. The standard InChI is InChI=1S/C8H16O3/c1-2-7(6-9)4-3-5-8(10)11/h7,9H,2-6H2,1H3,(H,10,11). The Kier molecular flexibility index (Phi) is 5.84. The van der Waals surface area contributed by atoms with Gasteiger partial charge in [0.25, 0.3) is 0 Å². The highest BCUT2D eigenvalue weighted by molar-refractivity contribution is 5.66. The molecule has 0 rings (SSSR count). The molecule has 3 nitrogen and oxygen atoms in total. The lowest BCUT2D eigenvalue weighted by molar-refractivity contribution is -0.137. The van der Waals surface area contributed by atoms with Crippen molar-refractivity contribution < 1.29 is 15.0 Å². The predicted octanol–water partition coefficient (Wildman–Crippen LogP) is 1.26. The van der Waals surface area contributed by atoms with Crippen molar-refractivity contribution in [2.24, 2.45) is 5.92 Å². The average Bonchev–Trinajstić information content (AvgIpc) is 1.98. The molecule has 3 heteroatoms. The molecule has 0 spiro atoms. The fraction of sp³-hybridized carbons (Fsp3) is 0.875. The summed E-state index contributed by atoms with van der Waals surface area (Å²) in [5.41, 5.74) is 0. The van der Waals surface area contributed by atoms with Crippen LogP contribution in [0, 0.1) is 5.92 Å². The van der Waals surface area contributed by atoms with E-state index in [9.17, 15) is 4.79 Å². The van der Waals surface area contributed by atoms with E-state index in [1.165, 1.54) is 0 Å². The Hall–Kier alpha value is -0.570. The van der Waals surface area contributed by atoms with Gasteiger partial charge in [-0.05, 0) is 18.8 Å². The SMILES string of the molecule is CCC(CO)CCCC(=O)O. The van der Waals surface area contributed by atoms with Crippen LogP contribution in [0.3, 0.4) is 0 Å². The third kappa shape index (κ3) is 5.85. The van der Waals surface area contributed by atoms with Crippen molar-refractivity contribution in [2.75, 3.05) is 6.61 Å². The van der Waals surface area contributed by atoms with E-state index < -0.39 is 5.97 Å². The van der Waals surface area contributed by atoms with E-state index in [4.69, 9.17) is 10.2 Å². The molecule has 0 aromatic rings. The summed E-state index contributed by atoms with van der Waals surface area (Å²) in [6, 6.07) is 0. The molecule has 0 heterocycles. The number of aliphatic hydroxyl groups excluding tert-OH is 1. The van der Waals surface area contributed by atoms with Gasteiger partial charge in [-0.1, -0.05) is 13.3 Å². The number of hydrogen-bond acceptors (Lipinski definition) is 2. The predicted molar refractivity (Wildman–Crippen MR) is 42.4 cm³/mol. The van der Waals surface area contributed by atoms with E-state index in [-0.39, 0.29) is 18.9 Å². The van der Waals surface area contributed by atoms with Crippen LogP contribution < -0.4 is 0 Å². The van der Waals surface area contributed by atoms with Gasteiger partial charge < -0.3 is 10.2 Å². The summed E-state index contributed by atoms with van der Waals surface area (Å²) in [5, 5.41) is 17.1. The first-order valence-electron chi connectivity index (χ1n) is 4.03. The van der Waals surface area contributed by atoms with Crippen LogP contribution in [0.4, 0.5) is 0 Å². The fourth-order valence-electron chi connectivity index (χ4n) is 0.966. The minimum absolute atomic E-state index is 0.177. The van der Waals surface area contributed by atoms with E-state index in [0.29, 0.717) is 6.42 Å². The molecule has 66 valence electrons. The first kappa shape index (κ1) is 10.4. The molecule has 0 amide bonds. The maximum Gasteiger partial charge on any atom is 0.303 e. The molecule has 0 radical (unpaired) electrons. The largest absolute Gasteiger partial charge is 0.481 e. The zero-order valence-corrected chi connectivity index (χ0v) is 6.92. The van der Waals surface area contributed by atoms with Gasteiger partial charge in [-0.25, -0.2) is 0 Å². The van der Waals surface area contributed by atoms with Crippen molar-refractivity contribution >= 4 is 5.97 Å². The maximum absolute atomic E-state index is 10.1. The van der Waals surface area contributed by atoms with Crippen LogP contribution in [0.1, 0.15) is 32.6 Å². The molecule has 11 heavy (non-hydrogen) atoms. The molecule has 2 N–H and O–H groups in total. The van der Waals surface area contributed by atoms with Gasteiger partial charge in [0.05, 0.1) is 0 Å². The summed E-state index contributed by atoms with van der Waals surface area (Å²) < 4.78 is 0. The minimum atomic E-state index is -0.752. The molecular formula is C8H16O3. The Morgan fingerprint density at radius 1 is 1.55 bits per heavy atom. The lowest BCUT2D eigenvalue weighted by Crippen LogP contribution is -2.05. The summed E-state index contributed by atoms with van der Waals surface area (Å²) in [6.45, 7) is 2.18. The highest BCUT2D eigenvalue weighted by Gasteiger charge is 2.05. The van der Waals surface area contributed by atoms with Gasteiger partial charge in [0.15, 0.2) is 0 Å². The Bertz CT molecular complexity index is 108. The molecule has 0 aliphatic carbocycles. The zero-order valence-electron chi connectivity index (χ0n) is 6.92. The molecule has 0 aliphatic rings. The Morgan fingerprint density at radius 2 is 2.18 bits per heavy atom. The molecule has 0 saturated carbocycles. The zero-order chi connectivity index (χ0) is 8.69. The average molecular weight is 160 g/mol. The van der Waals surface area contributed by atoms with E-state index in [0.717, 1.165) is 12.8 Å². The summed E-state index contributed by atoms with van der Waals surface area (Å²) in [6.07, 6.45) is 2.64. The molecule has 0 aliphatic heterocycles. The number of rotatable bonds is 6. The molecule has 1 unspecified atom stereocenters. The molecular weight excluding hydrogens is 144 g/mol.